The number of halogens is 1. The molecule has 4 nitrogen and oxygen atoms in total. The molecule has 0 aliphatic rings. The van der Waals surface area contributed by atoms with E-state index in [0.29, 0.717) is 10.7 Å². The van der Waals surface area contributed by atoms with Gasteiger partial charge in [0.1, 0.15) is 0 Å². The van der Waals surface area contributed by atoms with Gasteiger partial charge < -0.3 is 15.7 Å². The number of carbonyl (C=O) groups excluding carboxylic acids is 1. The van der Waals surface area contributed by atoms with Crippen LogP contribution in [0.1, 0.15) is 6.92 Å². The summed E-state index contributed by atoms with van der Waals surface area (Å²) in [7, 11) is 0. The largest absolute Gasteiger partial charge is 0.394 e. The highest BCUT2D eigenvalue weighted by atomic mass is 35.5. The number of anilines is 1. The van der Waals surface area contributed by atoms with E-state index >= 15 is 0 Å². The van der Waals surface area contributed by atoms with Crippen molar-refractivity contribution in [1.82, 2.24) is 5.32 Å². The number of amides is 2. The van der Waals surface area contributed by atoms with Gasteiger partial charge in [-0.05, 0) is 31.4 Å². The van der Waals surface area contributed by atoms with Gasteiger partial charge in [0.25, 0.3) is 0 Å². The molecule has 94 valence electrons. The number of hydrogen-bond donors (Lipinski definition) is 3. The Balaban J connectivity index is 2.63. The van der Waals surface area contributed by atoms with Crippen LogP contribution >= 0.6 is 23.4 Å². The number of aliphatic hydroxyl groups is 1. The van der Waals surface area contributed by atoms with Crippen molar-refractivity contribution in [2.75, 3.05) is 18.2 Å². The summed E-state index contributed by atoms with van der Waals surface area (Å²) < 4.78 is 0. The molecule has 0 bridgehead atoms. The summed E-state index contributed by atoms with van der Waals surface area (Å²) in [6.07, 6.45) is 1.93. The summed E-state index contributed by atoms with van der Waals surface area (Å²) in [5.41, 5.74) is 0.621. The monoisotopic (exact) mass is 274 g/mol. The van der Waals surface area contributed by atoms with Crippen LogP contribution in [0.5, 0.6) is 0 Å². The van der Waals surface area contributed by atoms with Gasteiger partial charge in [0, 0.05) is 10.6 Å². The van der Waals surface area contributed by atoms with E-state index in [0.717, 1.165) is 4.90 Å². The molecule has 0 heterocycles. The first-order chi connectivity index (χ1) is 8.06. The molecular formula is C11H15ClN2O2S. The number of thioether (sulfide) groups is 1. The second kappa shape index (κ2) is 6.74. The lowest BCUT2D eigenvalue weighted by Crippen LogP contribution is -2.38. The minimum atomic E-state index is -0.362. The number of urea groups is 1. The number of carbonyl (C=O) groups is 1. The minimum absolute atomic E-state index is 0.0976. The van der Waals surface area contributed by atoms with Crippen LogP contribution in [0, 0.1) is 0 Å². The standard InChI is InChI=1S/C11H15ClN2O2S/c1-7(6-15)13-11(16)14-8-3-4-10(17-2)9(12)5-8/h3-5,7,15H,6H2,1-2H3,(H2,13,14,16). The smallest absolute Gasteiger partial charge is 0.319 e. The van der Waals surface area contributed by atoms with E-state index in [4.69, 9.17) is 16.7 Å². The molecule has 17 heavy (non-hydrogen) atoms. The van der Waals surface area contributed by atoms with Crippen molar-refractivity contribution in [2.45, 2.75) is 17.9 Å². The van der Waals surface area contributed by atoms with Crippen LogP contribution in [0.4, 0.5) is 10.5 Å². The average Bonchev–Trinajstić information content (AvgIpc) is 2.29. The average molecular weight is 275 g/mol. The maximum atomic E-state index is 11.5. The van der Waals surface area contributed by atoms with Crippen molar-refractivity contribution in [2.24, 2.45) is 0 Å². The van der Waals surface area contributed by atoms with Gasteiger partial charge in [-0.15, -0.1) is 11.8 Å². The highest BCUT2D eigenvalue weighted by molar-refractivity contribution is 7.98. The minimum Gasteiger partial charge on any atom is -0.394 e. The van der Waals surface area contributed by atoms with Gasteiger partial charge in [-0.2, -0.15) is 0 Å². The van der Waals surface area contributed by atoms with Gasteiger partial charge in [0.05, 0.1) is 17.7 Å². The van der Waals surface area contributed by atoms with E-state index in [1.165, 1.54) is 0 Å². The molecule has 0 radical (unpaired) electrons. The second-order valence-corrected chi connectivity index (χ2v) is 4.79. The quantitative estimate of drug-likeness (QED) is 0.740. The molecule has 3 N–H and O–H groups in total. The molecule has 0 aliphatic carbocycles. The first-order valence-corrected chi connectivity index (χ1v) is 6.69. The summed E-state index contributed by atoms with van der Waals surface area (Å²) in [5.74, 6) is 0. The highest BCUT2D eigenvalue weighted by Gasteiger charge is 2.07. The van der Waals surface area contributed by atoms with Gasteiger partial charge in [-0.3, -0.25) is 0 Å². The Hall–Kier alpha value is -0.910. The van der Waals surface area contributed by atoms with Crippen molar-refractivity contribution in [3.63, 3.8) is 0 Å². The second-order valence-electron chi connectivity index (χ2n) is 3.53. The van der Waals surface area contributed by atoms with Crippen LogP contribution in [0.2, 0.25) is 5.02 Å². The fourth-order valence-corrected chi connectivity index (χ4v) is 2.05. The Morgan fingerprint density at radius 1 is 1.59 bits per heavy atom. The molecule has 1 unspecified atom stereocenters. The van der Waals surface area contributed by atoms with Crippen LogP contribution in [0.3, 0.4) is 0 Å². The molecule has 2 amide bonds. The Morgan fingerprint density at radius 2 is 2.29 bits per heavy atom. The lowest BCUT2D eigenvalue weighted by molar-refractivity contribution is 0.229. The summed E-state index contributed by atoms with van der Waals surface area (Å²) in [6, 6.07) is 4.67. The first kappa shape index (κ1) is 14.2. The molecule has 0 saturated carbocycles. The third kappa shape index (κ3) is 4.46. The van der Waals surface area contributed by atoms with Gasteiger partial charge in [0.2, 0.25) is 0 Å². The SMILES string of the molecule is CSc1ccc(NC(=O)NC(C)CO)cc1Cl. The first-order valence-electron chi connectivity index (χ1n) is 5.08. The van der Waals surface area contributed by atoms with Gasteiger partial charge in [0.15, 0.2) is 0 Å². The zero-order valence-corrected chi connectivity index (χ0v) is 11.2. The maximum Gasteiger partial charge on any atom is 0.319 e. The van der Waals surface area contributed by atoms with Crippen LogP contribution < -0.4 is 10.6 Å². The summed E-state index contributed by atoms with van der Waals surface area (Å²) in [5, 5.41) is 14.6. The van der Waals surface area contributed by atoms with Gasteiger partial charge >= 0.3 is 6.03 Å². The number of rotatable bonds is 4. The fraction of sp³-hybridized carbons (Fsp3) is 0.364. The number of nitrogens with one attached hydrogen (secondary N) is 2. The van der Waals surface area contributed by atoms with Crippen molar-refractivity contribution in [1.29, 1.82) is 0 Å². The van der Waals surface area contributed by atoms with Crippen LogP contribution in [0.25, 0.3) is 0 Å². The van der Waals surface area contributed by atoms with E-state index < -0.39 is 0 Å². The molecule has 1 rings (SSSR count). The Labute approximate surface area is 110 Å². The van der Waals surface area contributed by atoms with E-state index in [-0.39, 0.29) is 18.7 Å². The zero-order valence-electron chi connectivity index (χ0n) is 9.66. The predicted molar refractivity (Wildman–Crippen MR) is 71.9 cm³/mol. The van der Waals surface area contributed by atoms with E-state index in [1.54, 1.807) is 30.8 Å². The van der Waals surface area contributed by atoms with Crippen molar-refractivity contribution < 1.29 is 9.90 Å². The summed E-state index contributed by atoms with van der Waals surface area (Å²) in [4.78, 5) is 12.4. The van der Waals surface area contributed by atoms with Gasteiger partial charge in [-0.1, -0.05) is 11.6 Å². The molecule has 0 spiro atoms. The topological polar surface area (TPSA) is 61.4 Å². The molecule has 6 heteroatoms. The molecule has 0 aliphatic heterocycles. The third-order valence-electron chi connectivity index (χ3n) is 2.06. The van der Waals surface area contributed by atoms with Crippen molar-refractivity contribution >= 4 is 35.1 Å². The molecule has 1 aromatic carbocycles. The van der Waals surface area contributed by atoms with Crippen molar-refractivity contribution in [3.05, 3.63) is 23.2 Å². The van der Waals surface area contributed by atoms with Crippen LogP contribution in [-0.2, 0) is 0 Å². The molecular weight excluding hydrogens is 260 g/mol. The van der Waals surface area contributed by atoms with Crippen LogP contribution in [0.15, 0.2) is 23.1 Å². The lowest BCUT2D eigenvalue weighted by Gasteiger charge is -2.12. The summed E-state index contributed by atoms with van der Waals surface area (Å²) in [6.45, 7) is 1.61. The van der Waals surface area contributed by atoms with Crippen molar-refractivity contribution in [3.8, 4) is 0 Å². The normalized spacial score (nSPS) is 12.0. The Bertz CT molecular complexity index is 401. The van der Waals surface area contributed by atoms with E-state index in [1.807, 2.05) is 12.3 Å². The Morgan fingerprint density at radius 3 is 2.82 bits per heavy atom. The lowest BCUT2D eigenvalue weighted by atomic mass is 10.3. The Kier molecular flexibility index (Phi) is 5.61. The number of hydrogen-bond acceptors (Lipinski definition) is 3. The fourth-order valence-electron chi connectivity index (χ4n) is 1.18. The predicted octanol–water partition coefficient (Wildman–Crippen LogP) is 2.56. The molecule has 1 atom stereocenters. The highest BCUT2D eigenvalue weighted by Crippen LogP contribution is 2.27. The van der Waals surface area contributed by atoms with Gasteiger partial charge in [-0.25, -0.2) is 4.79 Å². The number of aliphatic hydroxyl groups excluding tert-OH is 1. The molecule has 0 saturated heterocycles. The third-order valence-corrected chi connectivity index (χ3v) is 3.28. The number of benzene rings is 1. The molecule has 0 aromatic heterocycles. The zero-order chi connectivity index (χ0) is 12.8. The maximum absolute atomic E-state index is 11.5. The summed E-state index contributed by atoms with van der Waals surface area (Å²) >= 11 is 7.56. The van der Waals surface area contributed by atoms with E-state index in [2.05, 4.69) is 10.6 Å². The van der Waals surface area contributed by atoms with E-state index in [9.17, 15) is 4.79 Å². The van der Waals surface area contributed by atoms with Crippen LogP contribution in [-0.4, -0.2) is 30.0 Å². The molecule has 0 fully saturated rings. The molecule has 1 aromatic rings.